The van der Waals surface area contributed by atoms with Crippen molar-refractivity contribution in [2.45, 2.75) is 25.7 Å². The lowest BCUT2D eigenvalue weighted by Gasteiger charge is -2.46. The van der Waals surface area contributed by atoms with Crippen LogP contribution in [-0.4, -0.2) is 43.8 Å². The number of aryl methyl sites for hydroxylation is 1. The third kappa shape index (κ3) is 3.43. The Morgan fingerprint density at radius 2 is 1.97 bits per heavy atom. The van der Waals surface area contributed by atoms with E-state index >= 15 is 0 Å². The number of carbonyl (C=O) groups excluding carboxylic acids is 1. The summed E-state index contributed by atoms with van der Waals surface area (Å²) in [5.74, 6) is 0.744. The van der Waals surface area contributed by atoms with Gasteiger partial charge >= 0.3 is 0 Å². The lowest BCUT2D eigenvalue weighted by molar-refractivity contribution is -0.124. The van der Waals surface area contributed by atoms with Crippen LogP contribution in [-0.2, 0) is 11.2 Å². The molecule has 0 saturated carbocycles. The number of benzene rings is 2. The second-order valence-electron chi connectivity index (χ2n) is 8.89. The van der Waals surface area contributed by atoms with E-state index < -0.39 is 0 Å². The number of aromatic nitrogens is 1. The van der Waals surface area contributed by atoms with E-state index in [-0.39, 0.29) is 5.91 Å². The summed E-state index contributed by atoms with van der Waals surface area (Å²) < 4.78 is 17.0. The average Bonchev–Trinajstić information content (AvgIpc) is 3.21. The van der Waals surface area contributed by atoms with Crippen molar-refractivity contribution in [2.75, 3.05) is 43.1 Å². The molecule has 3 aliphatic rings. The number of rotatable bonds is 3. The van der Waals surface area contributed by atoms with Gasteiger partial charge in [0.2, 0.25) is 0 Å². The van der Waals surface area contributed by atoms with E-state index in [9.17, 15) is 4.79 Å². The molecule has 1 amide bonds. The maximum atomic E-state index is 12.8. The molecule has 2 saturated heterocycles. The Balaban J connectivity index is 1.17. The van der Waals surface area contributed by atoms with Gasteiger partial charge in [-0.15, -0.1) is 0 Å². The minimum atomic E-state index is -0.138. The number of hydrogen-bond acceptors (Lipinski definition) is 6. The number of carbonyl (C=O) groups is 1. The van der Waals surface area contributed by atoms with Crippen molar-refractivity contribution in [1.82, 2.24) is 4.98 Å². The molecule has 0 aliphatic carbocycles. The molecule has 3 aromatic rings. The van der Waals surface area contributed by atoms with Gasteiger partial charge < -0.3 is 24.1 Å². The smallest absolute Gasteiger partial charge is 0.298 e. The van der Waals surface area contributed by atoms with Gasteiger partial charge in [-0.2, -0.15) is 4.98 Å². The molecular weight excluding hydrogens is 394 g/mol. The Hall–Kier alpha value is -3.06. The highest BCUT2D eigenvalue weighted by Crippen LogP contribution is 2.39. The van der Waals surface area contributed by atoms with Gasteiger partial charge in [-0.25, -0.2) is 0 Å². The van der Waals surface area contributed by atoms with Crippen molar-refractivity contribution in [3.63, 3.8) is 0 Å². The van der Waals surface area contributed by atoms with Crippen LogP contribution in [0.1, 0.15) is 35.2 Å². The normalized spacial score (nSPS) is 19.5. The summed E-state index contributed by atoms with van der Waals surface area (Å²) in [5, 5.41) is 2.98. The number of nitrogens with zero attached hydrogens (tertiary/aromatic N) is 2. The maximum Gasteiger partial charge on any atom is 0.298 e. The van der Waals surface area contributed by atoms with E-state index in [1.54, 1.807) is 0 Å². The van der Waals surface area contributed by atoms with Crippen LogP contribution in [0.4, 0.5) is 11.7 Å². The van der Waals surface area contributed by atoms with Crippen molar-refractivity contribution in [3.05, 3.63) is 47.5 Å². The maximum absolute atomic E-state index is 12.8. The van der Waals surface area contributed by atoms with Gasteiger partial charge in [0, 0.05) is 29.8 Å². The molecule has 7 nitrogen and oxygen atoms in total. The molecule has 4 heterocycles. The van der Waals surface area contributed by atoms with Crippen LogP contribution in [0.15, 0.2) is 40.8 Å². The summed E-state index contributed by atoms with van der Waals surface area (Å²) in [5.41, 5.74) is 4.28. The molecule has 0 atom stereocenters. The van der Waals surface area contributed by atoms with Crippen molar-refractivity contribution in [3.8, 4) is 5.75 Å². The van der Waals surface area contributed by atoms with Crippen LogP contribution < -0.4 is 15.0 Å². The molecule has 0 bridgehead atoms. The topological polar surface area (TPSA) is 76.8 Å². The van der Waals surface area contributed by atoms with Gasteiger partial charge in [0.1, 0.15) is 11.3 Å². The number of oxazole rings is 1. The predicted molar refractivity (Wildman–Crippen MR) is 117 cm³/mol. The van der Waals surface area contributed by atoms with Gasteiger partial charge in [0.15, 0.2) is 5.58 Å². The monoisotopic (exact) mass is 419 g/mol. The summed E-state index contributed by atoms with van der Waals surface area (Å²) in [6.07, 6.45) is 4.14. The van der Waals surface area contributed by atoms with E-state index in [0.29, 0.717) is 22.7 Å². The van der Waals surface area contributed by atoms with Gasteiger partial charge in [-0.3, -0.25) is 4.79 Å². The Morgan fingerprint density at radius 1 is 1.10 bits per heavy atom. The van der Waals surface area contributed by atoms with Crippen LogP contribution in [0, 0.1) is 5.41 Å². The first-order valence-corrected chi connectivity index (χ1v) is 11.0. The summed E-state index contributed by atoms with van der Waals surface area (Å²) in [7, 11) is 0. The van der Waals surface area contributed by atoms with Gasteiger partial charge in [0.25, 0.3) is 11.9 Å². The third-order valence-electron chi connectivity index (χ3n) is 6.72. The fourth-order valence-electron chi connectivity index (χ4n) is 4.68. The fraction of sp³-hybridized carbons (Fsp3) is 0.417. The molecule has 1 spiro atoms. The molecule has 6 rings (SSSR count). The van der Waals surface area contributed by atoms with Crippen molar-refractivity contribution in [2.24, 2.45) is 5.41 Å². The molecule has 7 heteroatoms. The van der Waals surface area contributed by atoms with Gasteiger partial charge in [0.05, 0.1) is 19.8 Å². The first-order chi connectivity index (χ1) is 15.2. The van der Waals surface area contributed by atoms with Crippen molar-refractivity contribution in [1.29, 1.82) is 0 Å². The molecule has 0 unspecified atom stereocenters. The SMILES string of the molecule is O=C(Nc1ccc2oc(N3CCC4(CC3)COC4)nc2c1)c1ccc2c(c1)CCCO2. The average molecular weight is 419 g/mol. The van der Waals surface area contributed by atoms with Crippen molar-refractivity contribution >= 4 is 28.7 Å². The van der Waals surface area contributed by atoms with Crippen LogP contribution in [0.3, 0.4) is 0 Å². The largest absolute Gasteiger partial charge is 0.493 e. The van der Waals surface area contributed by atoms with Crippen LogP contribution in [0.5, 0.6) is 5.75 Å². The molecule has 1 aromatic heterocycles. The first kappa shape index (κ1) is 18.7. The molecular formula is C24H25N3O4. The highest BCUT2D eigenvalue weighted by atomic mass is 16.5. The highest BCUT2D eigenvalue weighted by molar-refractivity contribution is 6.05. The third-order valence-corrected chi connectivity index (χ3v) is 6.72. The molecule has 1 N–H and O–H groups in total. The minimum Gasteiger partial charge on any atom is -0.493 e. The lowest BCUT2D eigenvalue weighted by Crippen LogP contribution is -2.51. The molecule has 2 fully saturated rings. The first-order valence-electron chi connectivity index (χ1n) is 11.0. The zero-order valence-electron chi connectivity index (χ0n) is 17.4. The quantitative estimate of drug-likeness (QED) is 0.691. The van der Waals surface area contributed by atoms with Crippen molar-refractivity contribution < 1.29 is 18.7 Å². The summed E-state index contributed by atoms with van der Waals surface area (Å²) in [6.45, 7) is 4.37. The molecule has 3 aliphatic heterocycles. The fourth-order valence-corrected chi connectivity index (χ4v) is 4.68. The summed E-state index contributed by atoms with van der Waals surface area (Å²) in [6, 6.07) is 11.9. The summed E-state index contributed by atoms with van der Waals surface area (Å²) >= 11 is 0. The minimum absolute atomic E-state index is 0.138. The number of nitrogens with one attached hydrogen (secondary N) is 1. The number of fused-ring (bicyclic) bond motifs is 2. The molecule has 31 heavy (non-hydrogen) atoms. The Morgan fingerprint density at radius 3 is 2.77 bits per heavy atom. The van der Waals surface area contributed by atoms with E-state index in [2.05, 4.69) is 15.2 Å². The van der Waals surface area contributed by atoms with Gasteiger partial charge in [-0.1, -0.05) is 0 Å². The molecule has 160 valence electrons. The van der Waals surface area contributed by atoms with E-state index in [0.717, 1.165) is 81.0 Å². The van der Waals surface area contributed by atoms with E-state index in [4.69, 9.17) is 13.9 Å². The second kappa shape index (κ2) is 7.27. The Labute approximate surface area is 180 Å². The number of ether oxygens (including phenoxy) is 2. The number of piperidine rings is 1. The lowest BCUT2D eigenvalue weighted by atomic mass is 9.77. The van der Waals surface area contributed by atoms with E-state index in [1.807, 2.05) is 36.4 Å². The zero-order chi connectivity index (χ0) is 20.8. The van der Waals surface area contributed by atoms with E-state index in [1.165, 1.54) is 0 Å². The summed E-state index contributed by atoms with van der Waals surface area (Å²) in [4.78, 5) is 19.7. The number of anilines is 2. The molecule has 0 radical (unpaired) electrons. The number of amides is 1. The van der Waals surface area contributed by atoms with Gasteiger partial charge in [-0.05, 0) is 67.6 Å². The Bertz CT molecular complexity index is 1140. The second-order valence-corrected chi connectivity index (χ2v) is 8.89. The molecule has 2 aromatic carbocycles. The van der Waals surface area contributed by atoms with Crippen LogP contribution in [0.2, 0.25) is 0 Å². The predicted octanol–water partition coefficient (Wildman–Crippen LogP) is 4.02. The standard InChI is InChI=1S/C24H25N3O4/c28-22(17-3-5-20-16(12-17)2-1-11-30-20)25-18-4-6-21-19(13-18)26-23(31-21)27-9-7-24(8-10-27)14-29-15-24/h3-6,12-13H,1-2,7-11,14-15H2,(H,25,28). The van der Waals surface area contributed by atoms with Crippen LogP contribution >= 0.6 is 0 Å². The number of hydrogen-bond donors (Lipinski definition) is 1. The van der Waals surface area contributed by atoms with Crippen LogP contribution in [0.25, 0.3) is 11.1 Å². The Kier molecular flexibility index (Phi) is 4.38. The zero-order valence-corrected chi connectivity index (χ0v) is 17.4. The highest BCUT2D eigenvalue weighted by Gasteiger charge is 2.41.